The number of hydrogen-bond donors (Lipinski definition) is 3. The smallest absolute Gasteiger partial charge is 0.337 e. The van der Waals surface area contributed by atoms with Crippen molar-refractivity contribution in [2.75, 3.05) is 7.11 Å². The summed E-state index contributed by atoms with van der Waals surface area (Å²) in [7, 11) is 1.26. The lowest BCUT2D eigenvalue weighted by Crippen LogP contribution is -2.16. The van der Waals surface area contributed by atoms with E-state index in [1.54, 1.807) is 0 Å². The number of rotatable bonds is 4. The lowest BCUT2D eigenvalue weighted by atomic mass is 10.2. The Bertz CT molecular complexity index is 839. The molecular weight excluding hydrogens is 304 g/mol. The Balaban J connectivity index is 2.35. The van der Waals surface area contributed by atoms with Gasteiger partial charge in [-0.25, -0.2) is 4.79 Å². The molecule has 118 valence electrons. The number of primary amides is 1. The Labute approximate surface area is 129 Å². The van der Waals surface area contributed by atoms with Gasteiger partial charge in [-0.2, -0.15) is 5.11 Å². The zero-order valence-electron chi connectivity index (χ0n) is 11.9. The van der Waals surface area contributed by atoms with E-state index in [1.165, 1.54) is 31.4 Å². The molecule has 0 unspecified atom stereocenters. The maximum atomic E-state index is 11.3. The summed E-state index contributed by atoms with van der Waals surface area (Å²) in [6.45, 7) is 0. The molecule has 1 amide bonds. The number of H-pyrrole nitrogens is 1. The molecule has 1 aromatic heterocycles. The number of esters is 1. The molecule has 0 saturated carbocycles. The number of methoxy groups -OCH3 is 1. The molecule has 0 radical (unpaired) electrons. The van der Waals surface area contributed by atoms with Crippen LogP contribution in [-0.4, -0.2) is 29.1 Å². The summed E-state index contributed by atoms with van der Waals surface area (Å²) in [5.41, 5.74) is 4.59. The Morgan fingerprint density at radius 3 is 2.43 bits per heavy atom. The number of nitrogens with zero attached hydrogens (tertiary/aromatic N) is 2. The van der Waals surface area contributed by atoms with E-state index in [9.17, 15) is 19.5 Å². The SMILES string of the molecule is COC(=O)c1ccc(N=Nc2c(C(N)=O)cc(=O)[nH]c2O)cc1. The predicted octanol–water partition coefficient (Wildman–Crippen LogP) is 1.38. The monoisotopic (exact) mass is 316 g/mol. The number of hydrogen-bond acceptors (Lipinski definition) is 7. The van der Waals surface area contributed by atoms with Gasteiger partial charge in [-0.05, 0) is 24.3 Å². The number of benzene rings is 1. The minimum atomic E-state index is -0.929. The van der Waals surface area contributed by atoms with Gasteiger partial charge in [-0.3, -0.25) is 14.6 Å². The molecule has 4 N–H and O–H groups in total. The third kappa shape index (κ3) is 3.59. The first-order valence-electron chi connectivity index (χ1n) is 6.28. The second kappa shape index (κ2) is 6.52. The average Bonchev–Trinajstić information content (AvgIpc) is 2.53. The van der Waals surface area contributed by atoms with Crippen molar-refractivity contribution in [3.63, 3.8) is 0 Å². The second-order valence-corrected chi connectivity index (χ2v) is 4.35. The number of amides is 1. The number of aromatic hydroxyl groups is 1. The molecule has 0 fully saturated rings. The predicted molar refractivity (Wildman–Crippen MR) is 79.2 cm³/mol. The van der Waals surface area contributed by atoms with Crippen LogP contribution in [0.3, 0.4) is 0 Å². The van der Waals surface area contributed by atoms with Crippen LogP contribution in [0.4, 0.5) is 11.4 Å². The molecule has 0 aliphatic rings. The molecule has 0 saturated heterocycles. The van der Waals surface area contributed by atoms with Crippen molar-refractivity contribution in [2.45, 2.75) is 0 Å². The van der Waals surface area contributed by atoms with E-state index in [2.05, 4.69) is 19.9 Å². The quantitative estimate of drug-likeness (QED) is 0.575. The van der Waals surface area contributed by atoms with Gasteiger partial charge < -0.3 is 15.6 Å². The number of azo groups is 1. The van der Waals surface area contributed by atoms with Gasteiger partial charge >= 0.3 is 5.97 Å². The summed E-state index contributed by atoms with van der Waals surface area (Å²) in [5, 5.41) is 17.2. The highest BCUT2D eigenvalue weighted by molar-refractivity contribution is 5.98. The normalized spacial score (nSPS) is 10.7. The van der Waals surface area contributed by atoms with Crippen molar-refractivity contribution < 1.29 is 19.4 Å². The van der Waals surface area contributed by atoms with E-state index in [1.807, 2.05) is 0 Å². The molecule has 23 heavy (non-hydrogen) atoms. The van der Waals surface area contributed by atoms with Crippen LogP contribution in [0.2, 0.25) is 0 Å². The molecule has 1 heterocycles. The van der Waals surface area contributed by atoms with Crippen LogP contribution in [0.5, 0.6) is 5.88 Å². The highest BCUT2D eigenvalue weighted by atomic mass is 16.5. The number of carbonyl (C=O) groups is 2. The Hall–Kier alpha value is -3.49. The zero-order valence-corrected chi connectivity index (χ0v) is 11.9. The molecule has 0 spiro atoms. The number of nitrogens with two attached hydrogens (primary N) is 1. The molecule has 9 heteroatoms. The van der Waals surface area contributed by atoms with Crippen LogP contribution in [0.15, 0.2) is 45.4 Å². The minimum Gasteiger partial charge on any atom is -0.493 e. The summed E-state index contributed by atoms with van der Waals surface area (Å²) in [4.78, 5) is 35.9. The molecule has 2 aromatic rings. The fourth-order valence-corrected chi connectivity index (χ4v) is 1.72. The zero-order chi connectivity index (χ0) is 17.0. The minimum absolute atomic E-state index is 0.255. The number of aromatic nitrogens is 1. The van der Waals surface area contributed by atoms with E-state index >= 15 is 0 Å². The molecule has 0 bridgehead atoms. The fraction of sp³-hybridized carbons (Fsp3) is 0.0714. The van der Waals surface area contributed by atoms with E-state index < -0.39 is 23.3 Å². The van der Waals surface area contributed by atoms with E-state index in [-0.39, 0.29) is 11.3 Å². The number of aromatic amines is 1. The summed E-state index contributed by atoms with van der Waals surface area (Å²) >= 11 is 0. The van der Waals surface area contributed by atoms with Gasteiger partial charge in [0.25, 0.3) is 11.5 Å². The number of nitrogens with one attached hydrogen (secondary N) is 1. The molecule has 0 aliphatic heterocycles. The average molecular weight is 316 g/mol. The van der Waals surface area contributed by atoms with E-state index in [0.29, 0.717) is 11.3 Å². The van der Waals surface area contributed by atoms with Gasteiger partial charge in [0.15, 0.2) is 5.69 Å². The standard InChI is InChI=1S/C14H12N4O5/c1-23-14(22)7-2-4-8(5-3-7)17-18-11-9(12(15)20)6-10(19)16-13(11)21/h2-6H,1H3,(H2,15,20)(H2,16,19,21). The van der Waals surface area contributed by atoms with Crippen molar-refractivity contribution in [1.82, 2.24) is 4.98 Å². The lowest BCUT2D eigenvalue weighted by molar-refractivity contribution is 0.0600. The Morgan fingerprint density at radius 1 is 1.22 bits per heavy atom. The Kier molecular flexibility index (Phi) is 4.50. The first-order valence-corrected chi connectivity index (χ1v) is 6.28. The van der Waals surface area contributed by atoms with Crippen molar-refractivity contribution >= 4 is 23.3 Å². The maximum absolute atomic E-state index is 11.3. The highest BCUT2D eigenvalue weighted by Crippen LogP contribution is 2.28. The van der Waals surface area contributed by atoms with Gasteiger partial charge in [-0.1, -0.05) is 0 Å². The molecule has 9 nitrogen and oxygen atoms in total. The van der Waals surface area contributed by atoms with Gasteiger partial charge in [0.1, 0.15) is 0 Å². The first kappa shape index (κ1) is 15.9. The van der Waals surface area contributed by atoms with Crippen LogP contribution in [0, 0.1) is 0 Å². The summed E-state index contributed by atoms with van der Waals surface area (Å²) in [6, 6.07) is 6.84. The third-order valence-electron chi connectivity index (χ3n) is 2.82. The van der Waals surface area contributed by atoms with Crippen LogP contribution >= 0.6 is 0 Å². The van der Waals surface area contributed by atoms with Crippen molar-refractivity contribution in [3.05, 3.63) is 51.8 Å². The van der Waals surface area contributed by atoms with Gasteiger partial charge in [-0.15, -0.1) is 5.11 Å². The summed E-state index contributed by atoms with van der Waals surface area (Å²) < 4.78 is 4.56. The van der Waals surface area contributed by atoms with Crippen LogP contribution in [-0.2, 0) is 4.74 Å². The summed E-state index contributed by atoms with van der Waals surface area (Å²) in [5.74, 6) is -2.05. The van der Waals surface area contributed by atoms with Crippen molar-refractivity contribution in [3.8, 4) is 5.88 Å². The number of carbonyl (C=O) groups excluding carboxylic acids is 2. The number of pyridine rings is 1. The largest absolute Gasteiger partial charge is 0.493 e. The molecule has 0 aliphatic carbocycles. The fourth-order valence-electron chi connectivity index (χ4n) is 1.72. The van der Waals surface area contributed by atoms with Crippen LogP contribution in [0.1, 0.15) is 20.7 Å². The summed E-state index contributed by atoms with van der Waals surface area (Å²) in [6.07, 6.45) is 0. The van der Waals surface area contributed by atoms with Crippen LogP contribution in [0.25, 0.3) is 0 Å². The molecule has 0 atom stereocenters. The highest BCUT2D eigenvalue weighted by Gasteiger charge is 2.14. The first-order chi connectivity index (χ1) is 10.9. The number of ether oxygens (including phenoxy) is 1. The third-order valence-corrected chi connectivity index (χ3v) is 2.82. The van der Waals surface area contributed by atoms with Crippen molar-refractivity contribution in [2.24, 2.45) is 16.0 Å². The topological polar surface area (TPSA) is 147 Å². The van der Waals surface area contributed by atoms with Gasteiger partial charge in [0.05, 0.1) is 23.9 Å². The Morgan fingerprint density at radius 2 is 1.87 bits per heavy atom. The molecule has 2 rings (SSSR count). The second-order valence-electron chi connectivity index (χ2n) is 4.35. The van der Waals surface area contributed by atoms with Crippen molar-refractivity contribution in [1.29, 1.82) is 0 Å². The van der Waals surface area contributed by atoms with E-state index in [4.69, 9.17) is 5.73 Å². The van der Waals surface area contributed by atoms with E-state index in [0.717, 1.165) is 6.07 Å². The van der Waals surface area contributed by atoms with Gasteiger partial charge in [0.2, 0.25) is 5.88 Å². The van der Waals surface area contributed by atoms with Crippen LogP contribution < -0.4 is 11.3 Å². The van der Waals surface area contributed by atoms with Gasteiger partial charge in [0, 0.05) is 6.07 Å². The lowest BCUT2D eigenvalue weighted by Gasteiger charge is -2.02. The molecular formula is C14H12N4O5. The molecule has 1 aromatic carbocycles. The maximum Gasteiger partial charge on any atom is 0.337 e.